The molecule has 0 aliphatic heterocycles. The van der Waals surface area contributed by atoms with Crippen molar-refractivity contribution < 1.29 is 14.3 Å². The number of nitrogens with one attached hydrogen (secondary N) is 1. The van der Waals surface area contributed by atoms with Gasteiger partial charge in [-0.2, -0.15) is 0 Å². The maximum absolute atomic E-state index is 12.2. The Labute approximate surface area is 126 Å². The second-order valence-electron chi connectivity index (χ2n) is 4.85. The summed E-state index contributed by atoms with van der Waals surface area (Å²) in [4.78, 5) is 12.2. The minimum absolute atomic E-state index is 0.0296. The Bertz CT molecular complexity index is 449. The lowest BCUT2D eigenvalue weighted by Gasteiger charge is -2.16. The van der Waals surface area contributed by atoms with Crippen molar-refractivity contribution in [3.63, 3.8) is 0 Å². The van der Waals surface area contributed by atoms with E-state index in [9.17, 15) is 4.79 Å². The third-order valence-electron chi connectivity index (χ3n) is 3.11. The van der Waals surface area contributed by atoms with Gasteiger partial charge >= 0.3 is 0 Å². The van der Waals surface area contributed by atoms with Gasteiger partial charge in [-0.05, 0) is 45.4 Å². The molecule has 1 amide bonds. The zero-order chi connectivity index (χ0) is 15.7. The zero-order valence-electron chi connectivity index (χ0n) is 13.1. The maximum Gasteiger partial charge on any atom is 0.227 e. The molecule has 0 fully saturated rings. The van der Waals surface area contributed by atoms with Gasteiger partial charge in [-0.15, -0.1) is 0 Å². The number of hydrogen-bond donors (Lipinski definition) is 2. The molecule has 21 heavy (non-hydrogen) atoms. The Morgan fingerprint density at radius 1 is 1.29 bits per heavy atom. The van der Waals surface area contributed by atoms with Crippen LogP contribution in [0.25, 0.3) is 0 Å². The molecule has 5 nitrogen and oxygen atoms in total. The second kappa shape index (κ2) is 9.23. The Kier molecular flexibility index (Phi) is 7.61. The van der Waals surface area contributed by atoms with Crippen molar-refractivity contribution in [3.05, 3.63) is 18.2 Å². The molecule has 0 saturated heterocycles. The molecule has 1 aromatic rings. The molecule has 1 aromatic carbocycles. The highest BCUT2D eigenvalue weighted by Gasteiger charge is 2.15. The number of amides is 1. The van der Waals surface area contributed by atoms with Crippen LogP contribution in [0.5, 0.6) is 11.5 Å². The highest BCUT2D eigenvalue weighted by atomic mass is 16.5. The summed E-state index contributed by atoms with van der Waals surface area (Å²) in [7, 11) is 0. The summed E-state index contributed by atoms with van der Waals surface area (Å²) in [6, 6.07) is 5.44. The molecule has 1 rings (SSSR count). The molecule has 0 aliphatic rings. The topological polar surface area (TPSA) is 73.6 Å². The van der Waals surface area contributed by atoms with Crippen LogP contribution >= 0.6 is 0 Å². The van der Waals surface area contributed by atoms with Gasteiger partial charge in [-0.3, -0.25) is 4.79 Å². The zero-order valence-corrected chi connectivity index (χ0v) is 13.1. The van der Waals surface area contributed by atoms with Crippen molar-refractivity contribution in [2.75, 3.05) is 25.1 Å². The number of carbonyl (C=O) groups is 1. The second-order valence-corrected chi connectivity index (χ2v) is 4.85. The summed E-state index contributed by atoms with van der Waals surface area (Å²) in [5.74, 6) is 1.25. The van der Waals surface area contributed by atoms with Crippen molar-refractivity contribution in [2.45, 2.75) is 33.6 Å². The minimum atomic E-state index is -0.0845. The Morgan fingerprint density at radius 3 is 2.62 bits per heavy atom. The summed E-state index contributed by atoms with van der Waals surface area (Å²) in [6.07, 6.45) is 1.61. The maximum atomic E-state index is 12.2. The van der Waals surface area contributed by atoms with Gasteiger partial charge in [0.1, 0.15) is 11.5 Å². The van der Waals surface area contributed by atoms with Gasteiger partial charge in [0, 0.05) is 12.0 Å². The predicted octanol–water partition coefficient (Wildman–Crippen LogP) is 2.80. The molecule has 0 saturated carbocycles. The lowest BCUT2D eigenvalue weighted by Crippen LogP contribution is -2.21. The summed E-state index contributed by atoms with van der Waals surface area (Å²) >= 11 is 0. The fraction of sp³-hybridized carbons (Fsp3) is 0.562. The van der Waals surface area contributed by atoms with Gasteiger partial charge in [0.2, 0.25) is 5.91 Å². The molecule has 0 aromatic heterocycles. The van der Waals surface area contributed by atoms with E-state index in [-0.39, 0.29) is 11.8 Å². The number of anilines is 1. The molecule has 0 radical (unpaired) electrons. The molecule has 118 valence electrons. The molecule has 1 atom stereocenters. The van der Waals surface area contributed by atoms with Crippen molar-refractivity contribution in [2.24, 2.45) is 11.7 Å². The fourth-order valence-corrected chi connectivity index (χ4v) is 1.96. The fourth-order valence-electron chi connectivity index (χ4n) is 1.96. The highest BCUT2D eigenvalue weighted by Crippen LogP contribution is 2.30. The lowest BCUT2D eigenvalue weighted by molar-refractivity contribution is -0.119. The van der Waals surface area contributed by atoms with Crippen LogP contribution in [-0.4, -0.2) is 25.7 Å². The first-order valence-corrected chi connectivity index (χ1v) is 7.52. The molecule has 0 bridgehead atoms. The SMILES string of the molecule is CCOc1ccc(OCC)c(NC(=O)C(C)CCCN)c1. The van der Waals surface area contributed by atoms with Crippen LogP contribution in [0.1, 0.15) is 33.6 Å². The van der Waals surface area contributed by atoms with Crippen molar-refractivity contribution in [3.8, 4) is 11.5 Å². The largest absolute Gasteiger partial charge is 0.494 e. The summed E-state index contributed by atoms with van der Waals surface area (Å²) in [6.45, 7) is 7.45. The van der Waals surface area contributed by atoms with Crippen LogP contribution in [0.15, 0.2) is 18.2 Å². The lowest BCUT2D eigenvalue weighted by atomic mass is 10.0. The van der Waals surface area contributed by atoms with Gasteiger partial charge in [-0.1, -0.05) is 6.92 Å². The number of ether oxygens (including phenoxy) is 2. The molecule has 5 heteroatoms. The van der Waals surface area contributed by atoms with E-state index in [4.69, 9.17) is 15.2 Å². The van der Waals surface area contributed by atoms with Gasteiger partial charge in [0.15, 0.2) is 0 Å². The first-order valence-electron chi connectivity index (χ1n) is 7.52. The third kappa shape index (κ3) is 5.63. The molecule has 0 heterocycles. The average Bonchev–Trinajstić information content (AvgIpc) is 2.47. The molecular weight excluding hydrogens is 268 g/mol. The summed E-state index contributed by atoms with van der Waals surface area (Å²) < 4.78 is 11.0. The number of nitrogens with two attached hydrogens (primary N) is 1. The first-order chi connectivity index (χ1) is 10.1. The van der Waals surface area contributed by atoms with E-state index in [0.29, 0.717) is 36.9 Å². The molecule has 0 spiro atoms. The Morgan fingerprint density at radius 2 is 2.00 bits per heavy atom. The van der Waals surface area contributed by atoms with Gasteiger partial charge in [0.05, 0.1) is 18.9 Å². The number of rotatable bonds is 9. The third-order valence-corrected chi connectivity index (χ3v) is 3.11. The van der Waals surface area contributed by atoms with Crippen LogP contribution in [0, 0.1) is 5.92 Å². The number of carbonyl (C=O) groups excluding carboxylic acids is 1. The number of benzene rings is 1. The van der Waals surface area contributed by atoms with Crippen LogP contribution in [-0.2, 0) is 4.79 Å². The highest BCUT2D eigenvalue weighted by molar-refractivity contribution is 5.94. The van der Waals surface area contributed by atoms with Crippen molar-refractivity contribution in [1.82, 2.24) is 0 Å². The predicted molar refractivity (Wildman–Crippen MR) is 84.9 cm³/mol. The van der Waals surface area contributed by atoms with Gasteiger partial charge in [-0.25, -0.2) is 0 Å². The summed E-state index contributed by atoms with van der Waals surface area (Å²) in [5.41, 5.74) is 6.12. The Hall–Kier alpha value is -1.75. The van der Waals surface area contributed by atoms with E-state index in [2.05, 4.69) is 5.32 Å². The van der Waals surface area contributed by atoms with Crippen molar-refractivity contribution in [1.29, 1.82) is 0 Å². The first kappa shape index (κ1) is 17.3. The molecular formula is C16H26N2O3. The standard InChI is InChI=1S/C16H26N2O3/c1-4-20-13-8-9-15(21-5-2)14(11-13)18-16(19)12(3)7-6-10-17/h8-9,11-12H,4-7,10,17H2,1-3H3,(H,18,19). The quantitative estimate of drug-likeness (QED) is 0.734. The Balaban J connectivity index is 2.82. The van der Waals surface area contributed by atoms with E-state index >= 15 is 0 Å². The average molecular weight is 294 g/mol. The monoisotopic (exact) mass is 294 g/mol. The molecule has 1 unspecified atom stereocenters. The van der Waals surface area contributed by atoms with Crippen LogP contribution in [0.3, 0.4) is 0 Å². The minimum Gasteiger partial charge on any atom is -0.494 e. The molecule has 3 N–H and O–H groups in total. The van der Waals surface area contributed by atoms with E-state index in [1.165, 1.54) is 0 Å². The number of hydrogen-bond acceptors (Lipinski definition) is 4. The van der Waals surface area contributed by atoms with E-state index in [0.717, 1.165) is 12.8 Å². The van der Waals surface area contributed by atoms with Crippen LogP contribution < -0.4 is 20.5 Å². The van der Waals surface area contributed by atoms with Gasteiger partial charge < -0.3 is 20.5 Å². The normalized spacial score (nSPS) is 11.8. The van der Waals surface area contributed by atoms with Gasteiger partial charge in [0.25, 0.3) is 0 Å². The van der Waals surface area contributed by atoms with E-state index in [1.807, 2.05) is 32.9 Å². The molecule has 0 aliphatic carbocycles. The van der Waals surface area contributed by atoms with E-state index in [1.54, 1.807) is 6.07 Å². The van der Waals surface area contributed by atoms with Crippen LogP contribution in [0.4, 0.5) is 5.69 Å². The van der Waals surface area contributed by atoms with Crippen LogP contribution in [0.2, 0.25) is 0 Å². The van der Waals surface area contributed by atoms with Crippen molar-refractivity contribution >= 4 is 11.6 Å². The van der Waals surface area contributed by atoms with E-state index < -0.39 is 0 Å². The summed E-state index contributed by atoms with van der Waals surface area (Å²) in [5, 5.41) is 2.92. The smallest absolute Gasteiger partial charge is 0.227 e.